The van der Waals surface area contributed by atoms with E-state index in [0.717, 1.165) is 5.69 Å². The number of amides is 1. The normalized spacial score (nSPS) is 10.6. The topological polar surface area (TPSA) is 64.7 Å². The minimum atomic E-state index is -0.316. The van der Waals surface area contributed by atoms with Gasteiger partial charge in [0.15, 0.2) is 5.69 Å². The van der Waals surface area contributed by atoms with Gasteiger partial charge in [0.2, 0.25) is 0 Å². The lowest BCUT2D eigenvalue weighted by Crippen LogP contribution is -2.22. The molecule has 21 heavy (non-hydrogen) atoms. The third kappa shape index (κ3) is 2.66. The summed E-state index contributed by atoms with van der Waals surface area (Å²) in [4.78, 5) is 12.2. The summed E-state index contributed by atoms with van der Waals surface area (Å²) in [6, 6.07) is 10.8. The van der Waals surface area contributed by atoms with E-state index >= 15 is 0 Å². The summed E-state index contributed by atoms with van der Waals surface area (Å²) in [5.41, 5.74) is 4.42. The largest absolute Gasteiger partial charge is 0.292 e. The second-order valence-electron chi connectivity index (χ2n) is 4.44. The van der Waals surface area contributed by atoms with Gasteiger partial charge in [0.05, 0.1) is 11.4 Å². The van der Waals surface area contributed by atoms with Crippen molar-refractivity contribution in [1.29, 1.82) is 0 Å². The maximum Gasteiger partial charge on any atom is 0.292 e. The average molecular weight is 302 g/mol. The molecule has 2 heterocycles. The van der Waals surface area contributed by atoms with Crippen molar-refractivity contribution in [2.24, 2.45) is 0 Å². The molecule has 3 rings (SSSR count). The van der Waals surface area contributed by atoms with Crippen molar-refractivity contribution in [2.75, 3.05) is 5.43 Å². The van der Waals surface area contributed by atoms with Gasteiger partial charge in [-0.05, 0) is 43.3 Å². The Kier molecular flexibility index (Phi) is 3.45. The van der Waals surface area contributed by atoms with Crippen LogP contribution in [-0.2, 0) is 0 Å². The van der Waals surface area contributed by atoms with Crippen molar-refractivity contribution in [3.63, 3.8) is 0 Å². The van der Waals surface area contributed by atoms with Gasteiger partial charge in [-0.15, -0.1) is 5.10 Å². The van der Waals surface area contributed by atoms with E-state index in [1.807, 2.05) is 24.3 Å². The lowest BCUT2D eigenvalue weighted by Gasteiger charge is -2.05. The Morgan fingerprint density at radius 2 is 1.86 bits per heavy atom. The monoisotopic (exact) mass is 301 g/mol. The minimum absolute atomic E-state index is 0.277. The molecule has 0 fully saturated rings. The zero-order valence-electron chi connectivity index (χ0n) is 11.2. The molecular weight excluding hydrogens is 290 g/mol. The first-order valence-corrected chi connectivity index (χ1v) is 6.65. The van der Waals surface area contributed by atoms with E-state index in [2.05, 4.69) is 15.7 Å². The Morgan fingerprint density at radius 3 is 2.52 bits per heavy atom. The third-order valence-electron chi connectivity index (χ3n) is 3.02. The fourth-order valence-corrected chi connectivity index (χ4v) is 2.07. The van der Waals surface area contributed by atoms with Crippen LogP contribution in [0.25, 0.3) is 5.69 Å². The van der Waals surface area contributed by atoms with Gasteiger partial charge in [0.25, 0.3) is 5.91 Å². The van der Waals surface area contributed by atoms with Gasteiger partial charge >= 0.3 is 0 Å². The molecule has 1 amide bonds. The predicted molar refractivity (Wildman–Crippen MR) is 79.2 cm³/mol. The molecule has 0 aliphatic carbocycles. The van der Waals surface area contributed by atoms with Gasteiger partial charge < -0.3 is 0 Å². The van der Waals surface area contributed by atoms with E-state index in [-0.39, 0.29) is 11.6 Å². The van der Waals surface area contributed by atoms with Gasteiger partial charge in [0, 0.05) is 17.4 Å². The number of aromatic nitrogens is 4. The summed E-state index contributed by atoms with van der Waals surface area (Å²) < 4.78 is 3.16. The maximum absolute atomic E-state index is 12.2. The standard InChI is InChI=1S/C14H12ClN5O/c1-10-13(14(21)17-19-8-2-3-9-19)16-18-20(10)12-6-4-11(15)5-7-12/h2-9H,1H3,(H,17,21). The molecule has 0 saturated carbocycles. The zero-order valence-corrected chi connectivity index (χ0v) is 11.9. The number of halogens is 1. The van der Waals surface area contributed by atoms with Gasteiger partial charge in [-0.1, -0.05) is 16.8 Å². The van der Waals surface area contributed by atoms with Gasteiger partial charge in [-0.3, -0.25) is 14.9 Å². The van der Waals surface area contributed by atoms with Crippen molar-refractivity contribution in [3.8, 4) is 5.69 Å². The maximum atomic E-state index is 12.2. The summed E-state index contributed by atoms with van der Waals surface area (Å²) in [6.07, 6.45) is 3.47. The van der Waals surface area contributed by atoms with E-state index in [4.69, 9.17) is 11.6 Å². The molecule has 2 aromatic heterocycles. The Labute approximate surface area is 125 Å². The van der Waals surface area contributed by atoms with Crippen LogP contribution in [0.2, 0.25) is 5.02 Å². The SMILES string of the molecule is Cc1c(C(=O)Nn2cccc2)nnn1-c1ccc(Cl)cc1. The highest BCUT2D eigenvalue weighted by Crippen LogP contribution is 2.15. The number of nitrogens with one attached hydrogen (secondary N) is 1. The van der Waals surface area contributed by atoms with Crippen molar-refractivity contribution >= 4 is 17.5 Å². The highest BCUT2D eigenvalue weighted by molar-refractivity contribution is 6.30. The first kappa shape index (κ1) is 13.4. The summed E-state index contributed by atoms with van der Waals surface area (Å²) in [5, 5.41) is 8.61. The van der Waals surface area contributed by atoms with Crippen LogP contribution in [0.3, 0.4) is 0 Å². The first-order chi connectivity index (χ1) is 10.1. The summed E-state index contributed by atoms with van der Waals surface area (Å²) in [6.45, 7) is 1.79. The van der Waals surface area contributed by atoms with Crippen LogP contribution >= 0.6 is 11.6 Å². The van der Waals surface area contributed by atoms with Crippen LogP contribution in [-0.4, -0.2) is 25.6 Å². The van der Waals surface area contributed by atoms with Crippen LogP contribution in [0.4, 0.5) is 0 Å². The van der Waals surface area contributed by atoms with Crippen molar-refractivity contribution in [1.82, 2.24) is 19.7 Å². The predicted octanol–water partition coefficient (Wildman–Crippen LogP) is 2.41. The molecule has 106 valence electrons. The number of benzene rings is 1. The quantitative estimate of drug-likeness (QED) is 0.808. The Hall–Kier alpha value is -2.60. The number of hydrogen-bond acceptors (Lipinski definition) is 3. The highest BCUT2D eigenvalue weighted by atomic mass is 35.5. The lowest BCUT2D eigenvalue weighted by molar-refractivity contribution is 0.100. The van der Waals surface area contributed by atoms with Gasteiger partial charge in [-0.2, -0.15) is 0 Å². The smallest absolute Gasteiger partial charge is 0.268 e. The van der Waals surface area contributed by atoms with Crippen molar-refractivity contribution in [2.45, 2.75) is 6.92 Å². The Balaban J connectivity index is 1.88. The van der Waals surface area contributed by atoms with Gasteiger partial charge in [-0.25, -0.2) is 4.68 Å². The van der Waals surface area contributed by atoms with Crippen molar-refractivity contribution in [3.05, 3.63) is 65.2 Å². The molecule has 6 nitrogen and oxygen atoms in total. The fourth-order valence-electron chi connectivity index (χ4n) is 1.95. The second-order valence-corrected chi connectivity index (χ2v) is 4.88. The van der Waals surface area contributed by atoms with Crippen molar-refractivity contribution < 1.29 is 4.79 Å². The molecule has 3 aromatic rings. The molecule has 7 heteroatoms. The molecule has 0 radical (unpaired) electrons. The first-order valence-electron chi connectivity index (χ1n) is 6.28. The summed E-state index contributed by atoms with van der Waals surface area (Å²) in [5.74, 6) is -0.316. The molecule has 0 spiro atoms. The van der Waals surface area contributed by atoms with Crippen LogP contribution in [0.5, 0.6) is 0 Å². The average Bonchev–Trinajstić information content (AvgIpc) is 3.09. The number of hydrogen-bond donors (Lipinski definition) is 1. The molecule has 0 unspecified atom stereocenters. The van der Waals surface area contributed by atoms with E-state index < -0.39 is 0 Å². The van der Waals surface area contributed by atoms with E-state index in [1.165, 1.54) is 0 Å². The second kappa shape index (κ2) is 5.41. The van der Waals surface area contributed by atoms with E-state index in [0.29, 0.717) is 10.7 Å². The molecule has 0 bridgehead atoms. The Bertz CT molecular complexity index is 761. The lowest BCUT2D eigenvalue weighted by atomic mass is 10.3. The molecule has 0 aliphatic rings. The molecule has 0 atom stereocenters. The molecule has 1 N–H and O–H groups in total. The number of carbonyl (C=O) groups is 1. The third-order valence-corrected chi connectivity index (χ3v) is 3.27. The van der Waals surface area contributed by atoms with E-state index in [1.54, 1.807) is 40.8 Å². The number of nitrogens with zero attached hydrogens (tertiary/aromatic N) is 4. The molecule has 0 aliphatic heterocycles. The zero-order chi connectivity index (χ0) is 14.8. The Morgan fingerprint density at radius 1 is 1.19 bits per heavy atom. The number of carbonyl (C=O) groups excluding carboxylic acids is 1. The molecule has 0 saturated heterocycles. The van der Waals surface area contributed by atoms with Crippen LogP contribution < -0.4 is 5.43 Å². The van der Waals surface area contributed by atoms with Crippen LogP contribution in [0.1, 0.15) is 16.2 Å². The summed E-state index contributed by atoms with van der Waals surface area (Å²) >= 11 is 5.86. The fraction of sp³-hybridized carbons (Fsp3) is 0.0714. The van der Waals surface area contributed by atoms with Crippen LogP contribution in [0.15, 0.2) is 48.8 Å². The highest BCUT2D eigenvalue weighted by Gasteiger charge is 2.17. The van der Waals surface area contributed by atoms with E-state index in [9.17, 15) is 4.79 Å². The number of rotatable bonds is 3. The van der Waals surface area contributed by atoms with Gasteiger partial charge in [0.1, 0.15) is 0 Å². The molecule has 1 aromatic carbocycles. The van der Waals surface area contributed by atoms with Crippen LogP contribution in [0, 0.1) is 6.92 Å². The summed E-state index contributed by atoms with van der Waals surface area (Å²) in [7, 11) is 0. The minimum Gasteiger partial charge on any atom is -0.268 e. The molecular formula is C14H12ClN5O.